The zero-order valence-corrected chi connectivity index (χ0v) is 21.8. The number of nitrogens with one attached hydrogen (secondary N) is 1. The van der Waals surface area contributed by atoms with Gasteiger partial charge in [0.15, 0.2) is 5.82 Å². The fourth-order valence-corrected chi connectivity index (χ4v) is 6.72. The van der Waals surface area contributed by atoms with Crippen LogP contribution in [0, 0.1) is 0 Å². The molecule has 186 valence electrons. The van der Waals surface area contributed by atoms with E-state index in [0.717, 1.165) is 39.7 Å². The minimum Gasteiger partial charge on any atom is -0.349 e. The van der Waals surface area contributed by atoms with Gasteiger partial charge in [0.1, 0.15) is 16.6 Å². The summed E-state index contributed by atoms with van der Waals surface area (Å²) in [7, 11) is 1.70. The van der Waals surface area contributed by atoms with E-state index in [2.05, 4.69) is 32.1 Å². The largest absolute Gasteiger partial charge is 0.349 e. The van der Waals surface area contributed by atoms with Gasteiger partial charge in [0.05, 0.1) is 27.5 Å². The van der Waals surface area contributed by atoms with Crippen molar-refractivity contribution in [3.63, 3.8) is 0 Å². The Morgan fingerprint density at radius 1 is 1.06 bits per heavy atom. The number of rotatable bonds is 6. The number of piperazine rings is 1. The third kappa shape index (κ3) is 4.09. The molecule has 4 aromatic rings. The van der Waals surface area contributed by atoms with Gasteiger partial charge in [-0.25, -0.2) is 27.7 Å². The average molecular weight is 523 g/mol. The van der Waals surface area contributed by atoms with Crippen molar-refractivity contribution in [2.24, 2.45) is 0 Å². The number of nitrogens with zero attached hydrogens (tertiary/aromatic N) is 7. The summed E-state index contributed by atoms with van der Waals surface area (Å²) >= 11 is 1.47. The van der Waals surface area contributed by atoms with Gasteiger partial charge in [0, 0.05) is 57.1 Å². The zero-order valence-electron chi connectivity index (χ0n) is 20.2. The predicted octanol–water partition coefficient (Wildman–Crippen LogP) is 3.03. The van der Waals surface area contributed by atoms with E-state index in [-0.39, 0.29) is 4.90 Å². The molecule has 2 bridgehead atoms. The van der Waals surface area contributed by atoms with Gasteiger partial charge in [0.25, 0.3) is 0 Å². The molecule has 0 saturated carbocycles. The van der Waals surface area contributed by atoms with Gasteiger partial charge in [0.2, 0.25) is 10.0 Å². The molecule has 2 saturated heterocycles. The molecule has 6 rings (SSSR count). The van der Waals surface area contributed by atoms with Crippen molar-refractivity contribution in [3.8, 4) is 10.6 Å². The summed E-state index contributed by atoms with van der Waals surface area (Å²) in [5.74, 6) is 2.13. The minimum absolute atomic E-state index is 0.237. The molecule has 2 atom stereocenters. The van der Waals surface area contributed by atoms with E-state index in [1.54, 1.807) is 30.6 Å². The standard InChI is InChI=1S/C24H26N8O2S2/c1-30(2)36(33,34)18-6-4-5-15(7-18)24-27-19-9-21(26-10-20(19)35-24)28-22-11-25-12-23(29-22)32-14-16-8-17(32)13-31(16)3/h4-7,9-12,16-17H,8,13-14H2,1-3H3,(H,26,28,29)/t16-,17-/m0/s1. The third-order valence-electron chi connectivity index (χ3n) is 6.82. The van der Waals surface area contributed by atoms with E-state index in [0.29, 0.717) is 23.7 Å². The minimum atomic E-state index is -3.53. The fraction of sp³-hybridized carbons (Fsp3) is 0.333. The van der Waals surface area contributed by atoms with Gasteiger partial charge in [-0.05, 0) is 25.6 Å². The second-order valence-corrected chi connectivity index (χ2v) is 12.6. The van der Waals surface area contributed by atoms with Crippen LogP contribution in [0.5, 0.6) is 0 Å². The Morgan fingerprint density at radius 3 is 2.67 bits per heavy atom. The molecule has 0 aliphatic carbocycles. The Kier molecular flexibility index (Phi) is 5.63. The number of hydrogen-bond acceptors (Lipinski definition) is 10. The number of likely N-dealkylation sites (N-methyl/N-ethyl adjacent to an activating group) is 1. The van der Waals surface area contributed by atoms with Crippen molar-refractivity contribution in [1.82, 2.24) is 29.1 Å². The van der Waals surface area contributed by atoms with E-state index in [4.69, 9.17) is 9.97 Å². The maximum Gasteiger partial charge on any atom is 0.242 e. The maximum absolute atomic E-state index is 12.5. The van der Waals surface area contributed by atoms with Gasteiger partial charge in [-0.3, -0.25) is 9.88 Å². The first kappa shape index (κ1) is 23.2. The Hall–Kier alpha value is -3.19. The fourth-order valence-electron chi connectivity index (χ4n) is 4.86. The number of aromatic nitrogens is 4. The number of pyridine rings is 1. The van der Waals surface area contributed by atoms with Gasteiger partial charge in [-0.1, -0.05) is 12.1 Å². The van der Waals surface area contributed by atoms with E-state index in [1.165, 1.54) is 36.2 Å². The maximum atomic E-state index is 12.5. The molecule has 1 aromatic carbocycles. The lowest BCUT2D eigenvalue weighted by molar-refractivity contribution is 0.292. The highest BCUT2D eigenvalue weighted by molar-refractivity contribution is 7.89. The van der Waals surface area contributed by atoms with Crippen molar-refractivity contribution < 1.29 is 8.42 Å². The highest BCUT2D eigenvalue weighted by atomic mass is 32.2. The van der Waals surface area contributed by atoms with E-state index >= 15 is 0 Å². The van der Waals surface area contributed by atoms with Crippen molar-refractivity contribution in [2.75, 3.05) is 44.4 Å². The smallest absolute Gasteiger partial charge is 0.242 e. The number of likely N-dealkylation sites (tertiary alicyclic amines) is 1. The quantitative estimate of drug-likeness (QED) is 0.409. The number of sulfonamides is 1. The van der Waals surface area contributed by atoms with Crippen LogP contribution in [0.4, 0.5) is 17.5 Å². The molecule has 0 spiro atoms. The van der Waals surface area contributed by atoms with Crippen LogP contribution in [0.3, 0.4) is 0 Å². The topological polar surface area (TPSA) is 107 Å². The van der Waals surface area contributed by atoms with Crippen molar-refractivity contribution in [1.29, 1.82) is 0 Å². The lowest BCUT2D eigenvalue weighted by Gasteiger charge is -2.32. The molecule has 10 nitrogen and oxygen atoms in total. The van der Waals surface area contributed by atoms with Crippen LogP contribution in [0.2, 0.25) is 0 Å². The predicted molar refractivity (Wildman–Crippen MR) is 141 cm³/mol. The molecule has 36 heavy (non-hydrogen) atoms. The lowest BCUT2D eigenvalue weighted by atomic mass is 10.2. The number of benzene rings is 1. The van der Waals surface area contributed by atoms with Crippen molar-refractivity contribution >= 4 is 49.0 Å². The lowest BCUT2D eigenvalue weighted by Crippen LogP contribution is -2.44. The summed E-state index contributed by atoms with van der Waals surface area (Å²) < 4.78 is 27.2. The molecule has 2 aliphatic rings. The van der Waals surface area contributed by atoms with Crippen LogP contribution < -0.4 is 10.2 Å². The van der Waals surface area contributed by atoms with Crippen LogP contribution in [-0.4, -0.2) is 83.9 Å². The van der Waals surface area contributed by atoms with Gasteiger partial charge in [-0.2, -0.15) is 0 Å². The first-order valence-electron chi connectivity index (χ1n) is 11.6. The van der Waals surface area contributed by atoms with E-state index in [1.807, 2.05) is 18.3 Å². The average Bonchev–Trinajstić information content (AvgIpc) is 3.58. The number of fused-ring (bicyclic) bond motifs is 3. The van der Waals surface area contributed by atoms with E-state index < -0.39 is 10.0 Å². The molecular formula is C24H26N8O2S2. The first-order chi connectivity index (χ1) is 17.3. The highest BCUT2D eigenvalue weighted by Crippen LogP contribution is 2.34. The van der Waals surface area contributed by atoms with Crippen LogP contribution >= 0.6 is 11.3 Å². The SMILES string of the molecule is CN1C[C@@H]2C[C@H]1CN2c1cncc(Nc2cc3nc(-c4cccc(S(=O)(=O)N(C)C)c4)sc3cn2)n1. The van der Waals surface area contributed by atoms with Crippen molar-refractivity contribution in [3.05, 3.63) is 48.9 Å². The Bertz CT molecular complexity index is 1550. The summed E-state index contributed by atoms with van der Waals surface area (Å²) in [6.45, 7) is 2.03. The second-order valence-electron chi connectivity index (χ2n) is 9.39. The summed E-state index contributed by atoms with van der Waals surface area (Å²) in [6, 6.07) is 9.79. The number of thiazole rings is 1. The molecule has 2 fully saturated rings. The molecule has 0 unspecified atom stereocenters. The van der Waals surface area contributed by atoms with Gasteiger partial charge < -0.3 is 10.2 Å². The van der Waals surface area contributed by atoms with Crippen LogP contribution in [0.15, 0.2) is 53.8 Å². The Labute approximate surface area is 213 Å². The summed E-state index contributed by atoms with van der Waals surface area (Å²) in [5.41, 5.74) is 1.52. The molecule has 12 heteroatoms. The van der Waals surface area contributed by atoms with Crippen molar-refractivity contribution in [2.45, 2.75) is 23.4 Å². The van der Waals surface area contributed by atoms with Crippen LogP contribution in [0.25, 0.3) is 20.8 Å². The summed E-state index contributed by atoms with van der Waals surface area (Å²) in [4.78, 5) is 23.5. The highest BCUT2D eigenvalue weighted by Gasteiger charge is 2.42. The summed E-state index contributed by atoms with van der Waals surface area (Å²) in [6.07, 6.45) is 6.45. The molecule has 0 radical (unpaired) electrons. The monoisotopic (exact) mass is 522 g/mol. The van der Waals surface area contributed by atoms with Gasteiger partial charge >= 0.3 is 0 Å². The molecular weight excluding hydrogens is 496 g/mol. The number of hydrogen-bond donors (Lipinski definition) is 1. The van der Waals surface area contributed by atoms with Crippen LogP contribution in [-0.2, 0) is 10.0 Å². The van der Waals surface area contributed by atoms with Gasteiger partial charge in [-0.15, -0.1) is 11.3 Å². The Balaban J connectivity index is 1.24. The zero-order chi connectivity index (χ0) is 25.0. The van der Waals surface area contributed by atoms with E-state index in [9.17, 15) is 8.42 Å². The third-order valence-corrected chi connectivity index (χ3v) is 9.69. The summed E-state index contributed by atoms with van der Waals surface area (Å²) in [5, 5.41) is 3.99. The normalized spacial score (nSPS) is 20.1. The number of anilines is 3. The molecule has 3 aromatic heterocycles. The molecule has 5 heterocycles. The molecule has 1 N–H and O–H groups in total. The van der Waals surface area contributed by atoms with Crippen LogP contribution in [0.1, 0.15) is 6.42 Å². The second kappa shape index (κ2) is 8.73. The Morgan fingerprint density at radius 2 is 1.92 bits per heavy atom. The molecule has 2 aliphatic heterocycles. The first-order valence-corrected chi connectivity index (χ1v) is 13.9. The molecule has 0 amide bonds.